The van der Waals surface area contributed by atoms with Crippen LogP contribution in [0.3, 0.4) is 0 Å². The minimum atomic E-state index is -0.382. The molecule has 1 heterocycles. The minimum Gasteiger partial charge on any atom is -0.363 e. The number of nitriles is 1. The molecule has 0 aliphatic carbocycles. The molecule has 0 bridgehead atoms. The lowest BCUT2D eigenvalue weighted by Gasteiger charge is -2.42. The number of hydrogen-bond donors (Lipinski definition) is 0. The number of allylic oxidation sites excluding steroid dienone is 2. The predicted octanol–water partition coefficient (Wildman–Crippen LogP) is 6.05. The molecule has 0 saturated heterocycles. The fourth-order valence-electron chi connectivity index (χ4n) is 3.77. The van der Waals surface area contributed by atoms with Crippen molar-refractivity contribution in [3.63, 3.8) is 0 Å². The van der Waals surface area contributed by atoms with Crippen molar-refractivity contribution in [2.45, 2.75) is 33.2 Å². The summed E-state index contributed by atoms with van der Waals surface area (Å²) in [7, 11) is 0. The minimum absolute atomic E-state index is 0.193. The van der Waals surface area contributed by atoms with Gasteiger partial charge in [-0.25, -0.2) is 8.78 Å². The SMILES string of the molecule is CCN1c2cc(F)c(/C=C(\C#N)c3ccc(F)cc3)cc2C(C)=CC1(C)C. The lowest BCUT2D eigenvalue weighted by atomic mass is 9.87. The van der Waals surface area contributed by atoms with Crippen molar-refractivity contribution in [3.05, 3.63) is 70.8 Å². The Morgan fingerprint density at radius 2 is 1.85 bits per heavy atom. The topological polar surface area (TPSA) is 27.0 Å². The van der Waals surface area contributed by atoms with E-state index in [9.17, 15) is 14.0 Å². The van der Waals surface area contributed by atoms with Gasteiger partial charge in [0.05, 0.1) is 17.2 Å². The van der Waals surface area contributed by atoms with E-state index in [0.717, 1.165) is 23.4 Å². The molecule has 3 rings (SSSR count). The first-order valence-electron chi connectivity index (χ1n) is 8.95. The second kappa shape index (κ2) is 7.00. The average molecular weight is 364 g/mol. The van der Waals surface area contributed by atoms with Gasteiger partial charge in [-0.05, 0) is 69.2 Å². The standard InChI is InChI=1S/C23H22F2N2/c1-5-27-22-12-21(25)17(11-20(22)15(2)13-23(27,3)4)10-18(14-26)16-6-8-19(24)9-7-16/h6-13H,5H2,1-4H3/b18-10+. The van der Waals surface area contributed by atoms with Gasteiger partial charge < -0.3 is 4.90 Å². The van der Waals surface area contributed by atoms with Crippen molar-refractivity contribution in [3.8, 4) is 6.07 Å². The molecule has 2 aromatic rings. The summed E-state index contributed by atoms with van der Waals surface area (Å²) in [4.78, 5) is 2.16. The van der Waals surface area contributed by atoms with E-state index in [4.69, 9.17) is 0 Å². The highest BCUT2D eigenvalue weighted by Crippen LogP contribution is 2.40. The molecule has 2 aromatic carbocycles. The molecule has 1 aliphatic rings. The summed E-state index contributed by atoms with van der Waals surface area (Å²) in [6.45, 7) is 9.05. The largest absolute Gasteiger partial charge is 0.363 e. The molecule has 0 saturated carbocycles. The molecule has 1 aliphatic heterocycles. The number of hydrogen-bond acceptors (Lipinski definition) is 2. The van der Waals surface area contributed by atoms with E-state index in [0.29, 0.717) is 16.7 Å². The highest BCUT2D eigenvalue weighted by molar-refractivity contribution is 5.91. The first-order chi connectivity index (χ1) is 12.8. The lowest BCUT2D eigenvalue weighted by molar-refractivity contribution is 0.561. The van der Waals surface area contributed by atoms with Gasteiger partial charge in [-0.1, -0.05) is 18.2 Å². The highest BCUT2D eigenvalue weighted by atomic mass is 19.1. The van der Waals surface area contributed by atoms with E-state index in [-0.39, 0.29) is 17.2 Å². The third kappa shape index (κ3) is 3.50. The smallest absolute Gasteiger partial charge is 0.132 e. The Hall–Kier alpha value is -2.93. The maximum atomic E-state index is 14.9. The third-order valence-corrected chi connectivity index (χ3v) is 4.99. The van der Waals surface area contributed by atoms with Gasteiger partial charge in [0.2, 0.25) is 0 Å². The fourth-order valence-corrected chi connectivity index (χ4v) is 3.77. The summed E-state index contributed by atoms with van der Waals surface area (Å²) in [5, 5.41) is 9.49. The molecule has 0 spiro atoms. The summed E-state index contributed by atoms with van der Waals surface area (Å²) in [5.41, 5.74) is 3.89. The van der Waals surface area contributed by atoms with Crippen molar-refractivity contribution in [1.82, 2.24) is 0 Å². The van der Waals surface area contributed by atoms with E-state index < -0.39 is 0 Å². The molecule has 0 aromatic heterocycles. The Morgan fingerprint density at radius 1 is 1.19 bits per heavy atom. The Labute approximate surface area is 159 Å². The van der Waals surface area contributed by atoms with Crippen LogP contribution >= 0.6 is 0 Å². The number of likely N-dealkylation sites (N-methyl/N-ethyl adjacent to an activating group) is 1. The molecule has 0 amide bonds. The van der Waals surface area contributed by atoms with Crippen LogP contribution in [0.4, 0.5) is 14.5 Å². The zero-order chi connectivity index (χ0) is 19.8. The summed E-state index contributed by atoms with van der Waals surface area (Å²) in [6, 6.07) is 11.0. The molecule has 0 unspecified atom stereocenters. The molecule has 2 nitrogen and oxygen atoms in total. The van der Waals surface area contributed by atoms with Gasteiger partial charge in [-0.3, -0.25) is 0 Å². The lowest BCUT2D eigenvalue weighted by Crippen LogP contribution is -2.45. The van der Waals surface area contributed by atoms with Crippen LogP contribution in [-0.4, -0.2) is 12.1 Å². The highest BCUT2D eigenvalue weighted by Gasteiger charge is 2.30. The van der Waals surface area contributed by atoms with Crippen LogP contribution in [0.25, 0.3) is 17.2 Å². The normalized spacial score (nSPS) is 15.8. The van der Waals surface area contributed by atoms with Gasteiger partial charge >= 0.3 is 0 Å². The second-order valence-corrected chi connectivity index (χ2v) is 7.29. The molecular weight excluding hydrogens is 342 g/mol. The molecule has 0 atom stereocenters. The number of halogens is 2. The number of fused-ring (bicyclic) bond motifs is 1. The van der Waals surface area contributed by atoms with Gasteiger partial charge in [0, 0.05) is 23.4 Å². The van der Waals surface area contributed by atoms with Crippen molar-refractivity contribution in [1.29, 1.82) is 5.26 Å². The predicted molar refractivity (Wildman–Crippen MR) is 107 cm³/mol. The maximum Gasteiger partial charge on any atom is 0.132 e. The Kier molecular flexibility index (Phi) is 4.89. The first-order valence-corrected chi connectivity index (χ1v) is 8.95. The van der Waals surface area contributed by atoms with Crippen LogP contribution in [-0.2, 0) is 0 Å². The first kappa shape index (κ1) is 18.8. The zero-order valence-electron chi connectivity index (χ0n) is 16.0. The van der Waals surface area contributed by atoms with E-state index in [1.807, 2.05) is 13.8 Å². The molecule has 0 fully saturated rings. The number of rotatable bonds is 3. The van der Waals surface area contributed by atoms with Crippen LogP contribution in [0.1, 0.15) is 44.4 Å². The Balaban J connectivity index is 2.13. The molecular formula is C23H22F2N2. The quantitative estimate of drug-likeness (QED) is 0.489. The Morgan fingerprint density at radius 3 is 2.44 bits per heavy atom. The average Bonchev–Trinajstić information content (AvgIpc) is 2.61. The van der Waals surface area contributed by atoms with E-state index >= 15 is 0 Å². The van der Waals surface area contributed by atoms with Gasteiger partial charge in [0.15, 0.2) is 0 Å². The molecule has 27 heavy (non-hydrogen) atoms. The monoisotopic (exact) mass is 364 g/mol. The van der Waals surface area contributed by atoms with Crippen LogP contribution in [0.5, 0.6) is 0 Å². The van der Waals surface area contributed by atoms with Gasteiger partial charge in [0.1, 0.15) is 11.6 Å². The molecule has 0 N–H and O–H groups in total. The summed E-state index contributed by atoms with van der Waals surface area (Å²) >= 11 is 0. The maximum absolute atomic E-state index is 14.9. The Bertz CT molecular complexity index is 977. The van der Waals surface area contributed by atoms with Crippen LogP contribution in [0, 0.1) is 23.0 Å². The second-order valence-electron chi connectivity index (χ2n) is 7.29. The number of benzene rings is 2. The third-order valence-electron chi connectivity index (χ3n) is 4.99. The van der Waals surface area contributed by atoms with Crippen molar-refractivity contribution < 1.29 is 8.78 Å². The summed E-state index contributed by atoms with van der Waals surface area (Å²) in [6.07, 6.45) is 3.70. The van der Waals surface area contributed by atoms with E-state index in [1.54, 1.807) is 12.1 Å². The van der Waals surface area contributed by atoms with Crippen molar-refractivity contribution in [2.24, 2.45) is 0 Å². The molecule has 4 heteroatoms. The zero-order valence-corrected chi connectivity index (χ0v) is 16.0. The molecule has 138 valence electrons. The van der Waals surface area contributed by atoms with E-state index in [1.165, 1.54) is 30.3 Å². The van der Waals surface area contributed by atoms with E-state index in [2.05, 4.69) is 30.9 Å². The van der Waals surface area contributed by atoms with Crippen LogP contribution in [0.2, 0.25) is 0 Å². The van der Waals surface area contributed by atoms with Crippen LogP contribution in [0.15, 0.2) is 42.5 Å². The summed E-state index contributed by atoms with van der Waals surface area (Å²) in [5.74, 6) is -0.758. The van der Waals surface area contributed by atoms with Crippen molar-refractivity contribution >= 4 is 22.9 Å². The fraction of sp³-hybridized carbons (Fsp3) is 0.261. The number of anilines is 1. The molecule has 0 radical (unpaired) electrons. The van der Waals surface area contributed by atoms with Crippen LogP contribution < -0.4 is 4.90 Å². The van der Waals surface area contributed by atoms with Crippen molar-refractivity contribution in [2.75, 3.05) is 11.4 Å². The number of nitrogens with zero attached hydrogens (tertiary/aromatic N) is 2. The van der Waals surface area contributed by atoms with Gasteiger partial charge in [0.25, 0.3) is 0 Å². The van der Waals surface area contributed by atoms with Gasteiger partial charge in [-0.2, -0.15) is 5.26 Å². The van der Waals surface area contributed by atoms with Gasteiger partial charge in [-0.15, -0.1) is 0 Å². The summed E-state index contributed by atoms with van der Waals surface area (Å²) < 4.78 is 28.0.